The molecule has 9 nitrogen and oxygen atoms in total. The largest absolute Gasteiger partial charge is 0.352 e. The molecule has 0 radical (unpaired) electrons. The van der Waals surface area contributed by atoms with Crippen molar-refractivity contribution in [2.45, 2.75) is 13.0 Å². The fraction of sp³-hybridized carbons (Fsp3) is 0.200. The first-order chi connectivity index (χ1) is 14.0. The normalized spacial score (nSPS) is 10.5. The summed E-state index contributed by atoms with van der Waals surface area (Å²) in [4.78, 5) is 34.5. The molecule has 2 aromatic carbocycles. The van der Waals surface area contributed by atoms with Gasteiger partial charge in [0.2, 0.25) is 5.91 Å². The lowest BCUT2D eigenvalue weighted by Crippen LogP contribution is -2.39. The fourth-order valence-electron chi connectivity index (χ4n) is 2.83. The minimum Gasteiger partial charge on any atom is -0.352 e. The fourth-order valence-corrected chi connectivity index (χ4v) is 2.83. The molecule has 0 saturated heterocycles. The van der Waals surface area contributed by atoms with Crippen molar-refractivity contribution >= 4 is 28.7 Å². The average Bonchev–Trinajstić information content (AvgIpc) is 3.20. The van der Waals surface area contributed by atoms with Crippen LogP contribution in [0.25, 0.3) is 10.9 Å². The van der Waals surface area contributed by atoms with Crippen LogP contribution in [0.3, 0.4) is 0 Å². The minimum absolute atomic E-state index is 0.149. The van der Waals surface area contributed by atoms with Gasteiger partial charge in [-0.1, -0.05) is 36.4 Å². The Morgan fingerprint density at radius 3 is 2.48 bits per heavy atom. The maximum absolute atomic E-state index is 12.4. The number of aromatic nitrogens is 2. The second kappa shape index (κ2) is 9.36. The highest BCUT2D eigenvalue weighted by atomic mass is 16.2. The van der Waals surface area contributed by atoms with Gasteiger partial charge in [0, 0.05) is 18.5 Å². The van der Waals surface area contributed by atoms with Crippen molar-refractivity contribution in [2.75, 3.05) is 13.1 Å². The molecule has 9 heteroatoms. The van der Waals surface area contributed by atoms with Gasteiger partial charge in [0.25, 0.3) is 5.91 Å². The lowest BCUT2D eigenvalue weighted by atomic mass is 10.1. The van der Waals surface area contributed by atoms with Gasteiger partial charge >= 0.3 is 6.03 Å². The number of hydrogen-bond donors (Lipinski definition) is 5. The van der Waals surface area contributed by atoms with E-state index in [0.29, 0.717) is 25.1 Å². The Morgan fingerprint density at radius 1 is 0.966 bits per heavy atom. The summed E-state index contributed by atoms with van der Waals surface area (Å²) in [6.45, 7) is 0.697. The zero-order valence-electron chi connectivity index (χ0n) is 15.7. The van der Waals surface area contributed by atoms with E-state index >= 15 is 0 Å². The van der Waals surface area contributed by atoms with Crippen LogP contribution in [0.1, 0.15) is 21.5 Å². The number of amides is 4. The molecule has 0 fully saturated rings. The lowest BCUT2D eigenvalue weighted by Gasteiger charge is -2.08. The summed E-state index contributed by atoms with van der Waals surface area (Å²) < 4.78 is 0. The monoisotopic (exact) mass is 394 g/mol. The molecule has 29 heavy (non-hydrogen) atoms. The third-order valence-corrected chi connectivity index (χ3v) is 4.36. The van der Waals surface area contributed by atoms with Crippen molar-refractivity contribution in [1.82, 2.24) is 26.1 Å². The van der Waals surface area contributed by atoms with Gasteiger partial charge in [0.05, 0.1) is 23.8 Å². The quantitative estimate of drug-likeness (QED) is 0.385. The molecule has 1 heterocycles. The van der Waals surface area contributed by atoms with E-state index in [-0.39, 0.29) is 18.4 Å². The zero-order valence-corrected chi connectivity index (χ0v) is 15.7. The van der Waals surface area contributed by atoms with Crippen molar-refractivity contribution in [3.63, 3.8) is 0 Å². The Hall–Kier alpha value is -3.88. The van der Waals surface area contributed by atoms with Crippen LogP contribution in [0.4, 0.5) is 4.79 Å². The van der Waals surface area contributed by atoms with E-state index in [2.05, 4.69) is 26.1 Å². The summed E-state index contributed by atoms with van der Waals surface area (Å²) in [5.74, 6) is -0.466. The van der Waals surface area contributed by atoms with Crippen molar-refractivity contribution < 1.29 is 14.4 Å². The van der Waals surface area contributed by atoms with Gasteiger partial charge in [0.15, 0.2) is 0 Å². The number of para-hydroxylation sites is 1. The summed E-state index contributed by atoms with van der Waals surface area (Å²) in [7, 11) is 0. The number of H-pyrrole nitrogens is 1. The molecule has 0 spiro atoms. The number of hydrogen-bond acceptors (Lipinski definition) is 4. The molecule has 0 aliphatic heterocycles. The first-order valence-electron chi connectivity index (χ1n) is 9.11. The van der Waals surface area contributed by atoms with E-state index in [4.69, 9.17) is 5.73 Å². The Labute approximate surface area is 167 Å². The second-order valence-corrected chi connectivity index (χ2v) is 6.46. The summed E-state index contributed by atoms with van der Waals surface area (Å²) in [6.07, 6.45) is 2.37. The molecule has 6 N–H and O–H groups in total. The molecule has 1 aromatic heterocycles. The number of nitrogens with one attached hydrogen (secondary N) is 4. The van der Waals surface area contributed by atoms with Gasteiger partial charge in [-0.05, 0) is 23.6 Å². The Balaban J connectivity index is 1.44. The van der Waals surface area contributed by atoms with Crippen LogP contribution in [-0.2, 0) is 17.8 Å². The highest BCUT2D eigenvalue weighted by Gasteiger charge is 2.10. The number of urea groups is 1. The molecule has 3 rings (SSSR count). The number of rotatable bonds is 8. The Morgan fingerprint density at radius 2 is 1.72 bits per heavy atom. The van der Waals surface area contributed by atoms with E-state index < -0.39 is 6.03 Å². The van der Waals surface area contributed by atoms with Gasteiger partial charge in [0.1, 0.15) is 0 Å². The first kappa shape index (κ1) is 19.9. The molecule has 0 aliphatic rings. The van der Waals surface area contributed by atoms with Crippen LogP contribution in [0.2, 0.25) is 0 Å². The molecule has 0 bridgehead atoms. The first-order valence-corrected chi connectivity index (χ1v) is 9.11. The molecular formula is C20H22N6O3. The number of nitrogens with zero attached hydrogens (tertiary/aromatic N) is 1. The summed E-state index contributed by atoms with van der Waals surface area (Å²) in [6, 6.07) is 12.5. The second-order valence-electron chi connectivity index (χ2n) is 6.46. The van der Waals surface area contributed by atoms with Gasteiger partial charge in [-0.3, -0.25) is 14.7 Å². The van der Waals surface area contributed by atoms with Crippen molar-refractivity contribution in [1.29, 1.82) is 0 Å². The lowest BCUT2D eigenvalue weighted by molar-refractivity contribution is -0.120. The van der Waals surface area contributed by atoms with Gasteiger partial charge in [-0.25, -0.2) is 4.79 Å². The van der Waals surface area contributed by atoms with Crippen LogP contribution in [0.5, 0.6) is 0 Å². The number of benzene rings is 2. The predicted octanol–water partition coefficient (Wildman–Crippen LogP) is 0.820. The van der Waals surface area contributed by atoms with Crippen molar-refractivity contribution in [3.8, 4) is 0 Å². The number of carbonyl (C=O) groups is 3. The number of nitrogens with two attached hydrogens (primary N) is 1. The summed E-state index contributed by atoms with van der Waals surface area (Å²) in [5.41, 5.74) is 8.20. The number of carbonyl (C=O) groups excluding carboxylic acids is 3. The van der Waals surface area contributed by atoms with Crippen LogP contribution >= 0.6 is 0 Å². The van der Waals surface area contributed by atoms with E-state index in [1.54, 1.807) is 12.3 Å². The highest BCUT2D eigenvalue weighted by molar-refractivity contribution is 6.05. The topological polar surface area (TPSA) is 142 Å². The van der Waals surface area contributed by atoms with E-state index in [1.165, 1.54) is 0 Å². The van der Waals surface area contributed by atoms with Crippen LogP contribution in [0, 0.1) is 0 Å². The van der Waals surface area contributed by atoms with Crippen molar-refractivity contribution in [2.24, 2.45) is 5.73 Å². The third-order valence-electron chi connectivity index (χ3n) is 4.36. The van der Waals surface area contributed by atoms with Gasteiger partial charge in [-0.2, -0.15) is 5.10 Å². The smallest absolute Gasteiger partial charge is 0.312 e. The molecule has 0 aliphatic carbocycles. The summed E-state index contributed by atoms with van der Waals surface area (Å²) >= 11 is 0. The standard InChI is InChI=1S/C20H22N6O3/c21-20(29)24-12-17(27)23-10-14-6-4-13(5-7-14)8-9-22-19(28)16-3-1-2-15-11-25-26-18(15)16/h1-7,11H,8-10,12H2,(H,22,28)(H,23,27)(H,25,26)(H3,21,24,29). The average molecular weight is 394 g/mol. The highest BCUT2D eigenvalue weighted by Crippen LogP contribution is 2.15. The van der Waals surface area contributed by atoms with E-state index in [1.807, 2.05) is 36.4 Å². The number of primary amides is 1. The number of fused-ring (bicyclic) bond motifs is 1. The predicted molar refractivity (Wildman–Crippen MR) is 108 cm³/mol. The van der Waals surface area contributed by atoms with Gasteiger partial charge in [-0.15, -0.1) is 0 Å². The maximum Gasteiger partial charge on any atom is 0.312 e. The summed E-state index contributed by atoms with van der Waals surface area (Å²) in [5, 5.41) is 15.5. The third kappa shape index (κ3) is 5.55. The molecule has 3 aromatic rings. The maximum atomic E-state index is 12.4. The molecule has 4 amide bonds. The molecule has 150 valence electrons. The van der Waals surface area contributed by atoms with Crippen LogP contribution in [0.15, 0.2) is 48.7 Å². The Bertz CT molecular complexity index is 1010. The minimum atomic E-state index is -0.738. The number of aromatic amines is 1. The molecule has 0 unspecified atom stereocenters. The SMILES string of the molecule is NC(=O)NCC(=O)NCc1ccc(CCNC(=O)c2cccc3cn[nH]c23)cc1. The van der Waals surface area contributed by atoms with E-state index in [0.717, 1.165) is 22.0 Å². The zero-order chi connectivity index (χ0) is 20.6. The van der Waals surface area contributed by atoms with E-state index in [9.17, 15) is 14.4 Å². The van der Waals surface area contributed by atoms with Gasteiger partial charge < -0.3 is 21.7 Å². The molecule has 0 saturated carbocycles. The van der Waals surface area contributed by atoms with Crippen molar-refractivity contribution in [3.05, 3.63) is 65.4 Å². The van der Waals surface area contributed by atoms with Crippen LogP contribution in [-0.4, -0.2) is 41.1 Å². The Kier molecular flexibility index (Phi) is 6.41. The molecular weight excluding hydrogens is 372 g/mol. The van der Waals surface area contributed by atoms with Crippen LogP contribution < -0.4 is 21.7 Å². The molecule has 0 atom stereocenters.